The van der Waals surface area contributed by atoms with Gasteiger partial charge in [-0.2, -0.15) is 0 Å². The van der Waals surface area contributed by atoms with Crippen molar-refractivity contribution in [3.05, 3.63) is 33.8 Å². The van der Waals surface area contributed by atoms with Crippen molar-refractivity contribution < 1.29 is 14.6 Å². The van der Waals surface area contributed by atoms with Gasteiger partial charge in [0.2, 0.25) is 0 Å². The summed E-state index contributed by atoms with van der Waals surface area (Å²) in [7, 11) is 1.58. The lowest BCUT2D eigenvalue weighted by Gasteiger charge is -2.23. The molecule has 19 heavy (non-hydrogen) atoms. The van der Waals surface area contributed by atoms with E-state index in [0.717, 1.165) is 10.0 Å². The lowest BCUT2D eigenvalue weighted by molar-refractivity contribution is 0.0243. The summed E-state index contributed by atoms with van der Waals surface area (Å²) in [6.07, 6.45) is 0.475. The highest BCUT2D eigenvalue weighted by Crippen LogP contribution is 2.16. The number of carbonyl (C=O) groups excluding carboxylic acids is 1. The summed E-state index contributed by atoms with van der Waals surface area (Å²) in [6, 6.07) is 5.47. The molecule has 0 radical (unpaired) electrons. The number of methoxy groups -OCH3 is 1. The van der Waals surface area contributed by atoms with E-state index in [4.69, 9.17) is 4.74 Å². The van der Waals surface area contributed by atoms with Crippen LogP contribution in [0.2, 0.25) is 0 Å². The summed E-state index contributed by atoms with van der Waals surface area (Å²) in [4.78, 5) is 12.0. The number of amides is 1. The number of benzene rings is 1. The highest BCUT2D eigenvalue weighted by atomic mass is 79.9. The van der Waals surface area contributed by atoms with Gasteiger partial charge >= 0.3 is 0 Å². The van der Waals surface area contributed by atoms with Crippen molar-refractivity contribution in [1.82, 2.24) is 5.32 Å². The average Bonchev–Trinajstić information content (AvgIpc) is 2.34. The molecule has 0 heterocycles. The Morgan fingerprint density at radius 3 is 2.79 bits per heavy atom. The molecule has 0 saturated heterocycles. The van der Waals surface area contributed by atoms with Gasteiger partial charge < -0.3 is 15.2 Å². The summed E-state index contributed by atoms with van der Waals surface area (Å²) in [5.41, 5.74) is 0.545. The van der Waals surface area contributed by atoms with Crippen LogP contribution in [0.4, 0.5) is 0 Å². The van der Waals surface area contributed by atoms with E-state index in [-0.39, 0.29) is 12.5 Å². The van der Waals surface area contributed by atoms with Gasteiger partial charge in [-0.3, -0.25) is 4.79 Å². The van der Waals surface area contributed by atoms with Gasteiger partial charge in [0.1, 0.15) is 0 Å². The van der Waals surface area contributed by atoms with Crippen LogP contribution >= 0.6 is 15.9 Å². The second kappa shape index (κ2) is 7.03. The number of halogens is 1. The molecule has 0 aliphatic rings. The SMILES string of the molecule is COCCC(C)(O)CNC(=O)c1ccc(Br)cc1C. The molecule has 1 unspecified atom stereocenters. The van der Waals surface area contributed by atoms with E-state index in [1.54, 1.807) is 20.1 Å². The van der Waals surface area contributed by atoms with E-state index in [0.29, 0.717) is 18.6 Å². The molecule has 1 aromatic rings. The summed E-state index contributed by atoms with van der Waals surface area (Å²) in [5, 5.41) is 12.8. The van der Waals surface area contributed by atoms with Crippen LogP contribution in [0.25, 0.3) is 0 Å². The van der Waals surface area contributed by atoms with Crippen molar-refractivity contribution in [2.45, 2.75) is 25.9 Å². The molecule has 1 amide bonds. The van der Waals surface area contributed by atoms with Gasteiger partial charge in [-0.25, -0.2) is 0 Å². The Balaban J connectivity index is 2.60. The quantitative estimate of drug-likeness (QED) is 0.841. The molecule has 5 heteroatoms. The fourth-order valence-electron chi connectivity index (χ4n) is 1.66. The third kappa shape index (κ3) is 5.30. The molecular weight excluding hydrogens is 310 g/mol. The molecule has 106 valence electrons. The minimum absolute atomic E-state index is 0.178. The number of hydrogen-bond donors (Lipinski definition) is 2. The normalized spacial score (nSPS) is 13.9. The second-order valence-electron chi connectivity index (χ2n) is 4.88. The molecule has 1 atom stereocenters. The Labute approximate surface area is 122 Å². The maximum Gasteiger partial charge on any atom is 0.251 e. The van der Waals surface area contributed by atoms with Crippen molar-refractivity contribution in [2.24, 2.45) is 0 Å². The van der Waals surface area contributed by atoms with E-state index < -0.39 is 5.60 Å². The summed E-state index contributed by atoms with van der Waals surface area (Å²) in [5.74, 6) is -0.178. The minimum atomic E-state index is -0.963. The average molecular weight is 330 g/mol. The highest BCUT2D eigenvalue weighted by molar-refractivity contribution is 9.10. The Hall–Kier alpha value is -0.910. The zero-order valence-corrected chi connectivity index (χ0v) is 13.1. The minimum Gasteiger partial charge on any atom is -0.388 e. The molecule has 0 bridgehead atoms. The summed E-state index contributed by atoms with van der Waals surface area (Å²) < 4.78 is 5.86. The van der Waals surface area contributed by atoms with E-state index in [2.05, 4.69) is 21.2 Å². The van der Waals surface area contributed by atoms with Gasteiger partial charge in [0, 0.05) is 36.7 Å². The first-order valence-corrected chi connectivity index (χ1v) is 6.91. The van der Waals surface area contributed by atoms with Crippen LogP contribution in [-0.2, 0) is 4.74 Å². The number of aryl methyl sites for hydroxylation is 1. The molecule has 1 rings (SSSR count). The van der Waals surface area contributed by atoms with Gasteiger partial charge in [-0.1, -0.05) is 15.9 Å². The predicted molar refractivity (Wildman–Crippen MR) is 78.3 cm³/mol. The lowest BCUT2D eigenvalue weighted by Crippen LogP contribution is -2.41. The van der Waals surface area contributed by atoms with Gasteiger partial charge in [-0.15, -0.1) is 0 Å². The molecule has 2 N–H and O–H groups in total. The number of rotatable bonds is 6. The van der Waals surface area contributed by atoms with Gasteiger partial charge in [0.05, 0.1) is 5.60 Å². The predicted octanol–water partition coefficient (Wildman–Crippen LogP) is 2.27. The van der Waals surface area contributed by atoms with Crippen LogP contribution < -0.4 is 5.32 Å². The van der Waals surface area contributed by atoms with Crippen LogP contribution in [0.1, 0.15) is 29.3 Å². The highest BCUT2D eigenvalue weighted by Gasteiger charge is 2.21. The van der Waals surface area contributed by atoms with Crippen molar-refractivity contribution >= 4 is 21.8 Å². The van der Waals surface area contributed by atoms with E-state index in [1.807, 2.05) is 19.1 Å². The molecule has 4 nitrogen and oxygen atoms in total. The monoisotopic (exact) mass is 329 g/mol. The Bertz CT molecular complexity index is 446. The molecule has 0 spiro atoms. The maximum atomic E-state index is 12.0. The molecule has 0 fully saturated rings. The fourth-order valence-corrected chi connectivity index (χ4v) is 2.13. The third-order valence-corrected chi connectivity index (χ3v) is 3.40. The molecule has 0 aliphatic carbocycles. The van der Waals surface area contributed by atoms with Crippen LogP contribution in [0, 0.1) is 6.92 Å². The summed E-state index contributed by atoms with van der Waals surface area (Å²) >= 11 is 3.36. The van der Waals surface area contributed by atoms with Crippen LogP contribution in [0.5, 0.6) is 0 Å². The summed E-state index contributed by atoms with van der Waals surface area (Å²) in [6.45, 7) is 4.22. The van der Waals surface area contributed by atoms with Crippen LogP contribution in [0.15, 0.2) is 22.7 Å². The molecule has 0 saturated carbocycles. The zero-order chi connectivity index (χ0) is 14.5. The maximum absolute atomic E-state index is 12.0. The van der Waals surface area contributed by atoms with Crippen molar-refractivity contribution in [3.8, 4) is 0 Å². The van der Waals surface area contributed by atoms with Crippen LogP contribution in [0.3, 0.4) is 0 Å². The number of ether oxygens (including phenoxy) is 1. The first-order valence-electron chi connectivity index (χ1n) is 6.11. The zero-order valence-electron chi connectivity index (χ0n) is 11.5. The Kier molecular flexibility index (Phi) is 5.97. The first-order chi connectivity index (χ1) is 8.85. The number of hydrogen-bond acceptors (Lipinski definition) is 3. The Morgan fingerprint density at radius 2 is 2.21 bits per heavy atom. The van der Waals surface area contributed by atoms with E-state index in [1.165, 1.54) is 0 Å². The molecule has 0 aliphatic heterocycles. The lowest BCUT2D eigenvalue weighted by atomic mass is 10.0. The van der Waals surface area contributed by atoms with Crippen LogP contribution in [-0.4, -0.2) is 36.9 Å². The van der Waals surface area contributed by atoms with Crippen molar-refractivity contribution in [1.29, 1.82) is 0 Å². The third-order valence-electron chi connectivity index (χ3n) is 2.91. The molecule has 1 aromatic carbocycles. The van der Waals surface area contributed by atoms with Crippen molar-refractivity contribution in [2.75, 3.05) is 20.3 Å². The van der Waals surface area contributed by atoms with Gasteiger partial charge in [0.15, 0.2) is 0 Å². The molecule has 0 aromatic heterocycles. The van der Waals surface area contributed by atoms with E-state index in [9.17, 15) is 9.90 Å². The smallest absolute Gasteiger partial charge is 0.251 e. The standard InChI is InChI=1S/C14H20BrNO3/c1-10-8-11(15)4-5-12(10)13(17)16-9-14(2,18)6-7-19-3/h4-5,8,18H,6-7,9H2,1-3H3,(H,16,17). The van der Waals surface area contributed by atoms with Gasteiger partial charge in [-0.05, 0) is 37.6 Å². The first kappa shape index (κ1) is 16.1. The fraction of sp³-hybridized carbons (Fsp3) is 0.500. The number of aliphatic hydroxyl groups is 1. The van der Waals surface area contributed by atoms with E-state index >= 15 is 0 Å². The van der Waals surface area contributed by atoms with Gasteiger partial charge in [0.25, 0.3) is 5.91 Å². The number of carbonyl (C=O) groups is 1. The second-order valence-corrected chi connectivity index (χ2v) is 5.80. The van der Waals surface area contributed by atoms with Crippen molar-refractivity contribution in [3.63, 3.8) is 0 Å². The topological polar surface area (TPSA) is 58.6 Å². The molecular formula is C14H20BrNO3. The largest absolute Gasteiger partial charge is 0.388 e. The number of nitrogens with one attached hydrogen (secondary N) is 1. The Morgan fingerprint density at radius 1 is 1.53 bits per heavy atom.